The van der Waals surface area contributed by atoms with Gasteiger partial charge in [0.1, 0.15) is 0 Å². The molecule has 0 aliphatic heterocycles. The van der Waals surface area contributed by atoms with Gasteiger partial charge >= 0.3 is 119 Å². The molecule has 1 unspecified atom stereocenters. The van der Waals surface area contributed by atoms with Crippen molar-refractivity contribution in [3.05, 3.63) is 12.2 Å². The molecule has 0 fully saturated rings. The van der Waals surface area contributed by atoms with Crippen molar-refractivity contribution in [3.63, 3.8) is 0 Å². The third kappa shape index (κ3) is 6.89. The summed E-state index contributed by atoms with van der Waals surface area (Å²) < 4.78 is 537. The molecule has 41 heteroatoms. The largest absolute Gasteiger partial charge is 0.460 e. The summed E-state index contributed by atoms with van der Waals surface area (Å²) >= 11 is 0. The molecular weight excluding hydrogens is 1050 g/mol. The predicted molar refractivity (Wildman–Crippen MR) is 116 cm³/mol. The third-order valence-electron chi connectivity index (χ3n) is 7.69. The molecule has 2 nitrogen and oxygen atoms in total. The summed E-state index contributed by atoms with van der Waals surface area (Å²) in [5.74, 6) is -156. The number of alkyl halides is 39. The summed E-state index contributed by atoms with van der Waals surface area (Å²) in [6.07, 6.45) is -26.5. The van der Waals surface area contributed by atoms with Gasteiger partial charge < -0.3 is 4.74 Å². The molecule has 0 aliphatic carbocycles. The molecule has 0 aromatic rings. The quantitative estimate of drug-likeness (QED) is 0.0824. The third-order valence-corrected chi connectivity index (χ3v) is 7.69. The number of carbonyl (C=O) groups excluding carboxylic acids is 1. The monoisotopic (exact) mass is 1050 g/mol. The topological polar surface area (TPSA) is 26.3 Å². The van der Waals surface area contributed by atoms with Crippen LogP contribution in [0.3, 0.4) is 0 Å². The van der Waals surface area contributed by atoms with E-state index in [9.17, 15) is 172 Å². The van der Waals surface area contributed by atoms with Crippen molar-refractivity contribution in [2.75, 3.05) is 0 Å². The smallest absolute Gasteiger partial charge is 0.413 e. The molecule has 0 aliphatic rings. The molecule has 0 spiro atoms. The lowest BCUT2D eigenvalue weighted by atomic mass is 9.80. The molecule has 64 heavy (non-hydrogen) atoms. The Morgan fingerprint density at radius 1 is 0.281 bits per heavy atom. The lowest BCUT2D eigenvalue weighted by Crippen LogP contribution is -2.82. The van der Waals surface area contributed by atoms with Crippen LogP contribution in [0, 0.1) is 0 Å². The van der Waals surface area contributed by atoms with Gasteiger partial charge in [-0.3, -0.25) is 0 Å². The number of hydrogen-bond donors (Lipinski definition) is 0. The van der Waals surface area contributed by atoms with E-state index in [1.54, 1.807) is 4.74 Å². The maximum atomic E-state index is 15.3. The minimum Gasteiger partial charge on any atom is -0.413 e. The molecule has 0 saturated heterocycles. The number of hydrogen-bond acceptors (Lipinski definition) is 2. The minimum absolute atomic E-state index is 0.558. The molecule has 0 rings (SSSR count). The SMILES string of the molecule is C=C(C)C(=O)OC(F)(C(F)(F)C(F)(F)C(F)(F)C(F)(F)C(F)(F)C(F)(F)C(F)(F)C(F)(F)C(F)(F)C(F)(F)F)C(F)(F)C(F)(F)C(F)(F)C(F)(F)C(F)(F)C(F)(C(F)(F)F)C(F)(F)F. The van der Waals surface area contributed by atoms with Crippen LogP contribution >= 0.6 is 0 Å². The van der Waals surface area contributed by atoms with Gasteiger partial charge in [-0.1, -0.05) is 6.58 Å². The fraction of sp³-hybridized carbons (Fsp3) is 0.870. The van der Waals surface area contributed by atoms with Crippen LogP contribution in [-0.2, 0) is 9.53 Å². The van der Waals surface area contributed by atoms with Gasteiger partial charge in [0.05, 0.1) is 0 Å². The highest BCUT2D eigenvalue weighted by molar-refractivity contribution is 5.87. The summed E-state index contributed by atoms with van der Waals surface area (Å²) in [7, 11) is 0. The predicted octanol–water partition coefficient (Wildman–Crippen LogP) is 13.1. The van der Waals surface area contributed by atoms with E-state index in [0.717, 1.165) is 0 Å². The fourth-order valence-electron chi connectivity index (χ4n) is 3.83. The second-order valence-corrected chi connectivity index (χ2v) is 12.0. The highest BCUT2D eigenvalue weighted by Crippen LogP contribution is 2.71. The van der Waals surface area contributed by atoms with Gasteiger partial charge in [-0.25, -0.2) is 9.18 Å². The molecule has 0 heterocycles. The van der Waals surface area contributed by atoms with E-state index < -0.39 is 131 Å². The van der Waals surface area contributed by atoms with E-state index in [1.807, 2.05) is 6.58 Å². The van der Waals surface area contributed by atoms with Crippen LogP contribution in [-0.4, -0.2) is 119 Å². The van der Waals surface area contributed by atoms with E-state index in [0.29, 0.717) is 0 Å². The van der Waals surface area contributed by atoms with Gasteiger partial charge in [0.15, 0.2) is 0 Å². The molecule has 0 radical (unpaired) electrons. The summed E-state index contributed by atoms with van der Waals surface area (Å²) in [4.78, 5) is 11.4. The second kappa shape index (κ2) is 14.7. The van der Waals surface area contributed by atoms with Crippen molar-refractivity contribution in [2.24, 2.45) is 0 Å². The maximum Gasteiger partial charge on any atom is 0.460 e. The summed E-state index contributed by atoms with van der Waals surface area (Å²) in [5, 5.41) is 0. The summed E-state index contributed by atoms with van der Waals surface area (Å²) in [5.41, 5.74) is -12.1. The van der Waals surface area contributed by atoms with Crippen LogP contribution in [0.25, 0.3) is 0 Å². The van der Waals surface area contributed by atoms with Crippen LogP contribution in [0.1, 0.15) is 6.92 Å². The maximum absolute atomic E-state index is 15.3. The second-order valence-electron chi connectivity index (χ2n) is 12.0. The van der Waals surface area contributed by atoms with Crippen molar-refractivity contribution >= 4 is 5.97 Å². The fourth-order valence-corrected chi connectivity index (χ4v) is 3.83. The first-order valence-electron chi connectivity index (χ1n) is 13.6. The highest BCUT2D eigenvalue weighted by Gasteiger charge is 3.04. The van der Waals surface area contributed by atoms with Crippen LogP contribution in [0.5, 0.6) is 0 Å². The zero-order valence-electron chi connectivity index (χ0n) is 27.8. The standard InChI is InChI=1S/C23H5F39O2/c1-3(2)4(63)64-20(53,17(47,48)14(41,42)8(29,30)7(27,28)6(25,26)5(24,21(54,55)56)22(57,58)59)18(49,50)15(43,44)12(37,38)10(33,34)9(31,32)11(35,36)13(39,40)16(45,46)19(51,52)23(60,61)62/h1H2,2H3. The van der Waals surface area contributed by atoms with E-state index >= 15 is 4.39 Å². The van der Waals surface area contributed by atoms with Gasteiger partial charge in [0.2, 0.25) is 0 Å². The number of carbonyl (C=O) groups is 1. The van der Waals surface area contributed by atoms with Crippen molar-refractivity contribution in [2.45, 2.75) is 120 Å². The lowest BCUT2D eigenvalue weighted by molar-refractivity contribution is -0.503. The van der Waals surface area contributed by atoms with Crippen LogP contribution in [0.4, 0.5) is 171 Å². The van der Waals surface area contributed by atoms with Crippen molar-refractivity contribution in [1.29, 1.82) is 0 Å². The Balaban J connectivity index is 8.64. The number of esters is 1. The average molecular weight is 1050 g/mol. The number of rotatable bonds is 17. The Morgan fingerprint density at radius 3 is 0.625 bits per heavy atom. The Hall–Kier alpha value is -3.52. The van der Waals surface area contributed by atoms with Gasteiger partial charge in [-0.05, 0) is 6.92 Å². The first kappa shape index (κ1) is 60.5. The lowest BCUT2D eigenvalue weighted by Gasteiger charge is -2.49. The molecule has 382 valence electrons. The van der Waals surface area contributed by atoms with E-state index in [-0.39, 0.29) is 0 Å². The van der Waals surface area contributed by atoms with E-state index in [4.69, 9.17) is 0 Å². The Bertz CT molecular complexity index is 1740. The van der Waals surface area contributed by atoms with Gasteiger partial charge in [-0.2, -0.15) is 167 Å². The summed E-state index contributed by atoms with van der Waals surface area (Å²) in [6, 6.07) is 0. The first-order chi connectivity index (χ1) is 26.8. The molecule has 0 aromatic carbocycles. The zero-order chi connectivity index (χ0) is 53.4. The van der Waals surface area contributed by atoms with Crippen molar-refractivity contribution < 1.29 is 181 Å². The number of ether oxygens (including phenoxy) is 1. The highest BCUT2D eigenvalue weighted by atomic mass is 19.5. The molecule has 0 amide bonds. The first-order valence-corrected chi connectivity index (χ1v) is 13.6. The number of halogens is 39. The van der Waals surface area contributed by atoms with Crippen LogP contribution in [0.15, 0.2) is 12.2 Å². The van der Waals surface area contributed by atoms with Crippen LogP contribution < -0.4 is 0 Å². The normalized spacial score (nSPS) is 17.6. The Kier molecular flexibility index (Phi) is 13.9. The Labute approximate surface area is 320 Å². The molecule has 1 atom stereocenters. The van der Waals surface area contributed by atoms with Gasteiger partial charge in [-0.15, -0.1) is 0 Å². The van der Waals surface area contributed by atoms with E-state index in [1.165, 1.54) is 0 Å². The van der Waals surface area contributed by atoms with Crippen LogP contribution in [0.2, 0.25) is 0 Å². The molecule has 0 aromatic heterocycles. The zero-order valence-corrected chi connectivity index (χ0v) is 27.8. The van der Waals surface area contributed by atoms with Gasteiger partial charge in [0.25, 0.3) is 0 Å². The molecule has 0 N–H and O–H groups in total. The van der Waals surface area contributed by atoms with Crippen molar-refractivity contribution in [1.82, 2.24) is 0 Å². The molecular formula is C23H5F39O2. The minimum atomic E-state index is -10.5. The van der Waals surface area contributed by atoms with Gasteiger partial charge in [0, 0.05) is 5.57 Å². The van der Waals surface area contributed by atoms with Crippen molar-refractivity contribution in [3.8, 4) is 0 Å². The average Bonchev–Trinajstić information content (AvgIpc) is 3.04. The Morgan fingerprint density at radius 2 is 0.453 bits per heavy atom. The van der Waals surface area contributed by atoms with E-state index in [2.05, 4.69) is 0 Å². The molecule has 0 saturated carbocycles. The molecule has 0 bridgehead atoms. The summed E-state index contributed by atoms with van der Waals surface area (Å²) in [6.45, 7) is 1.25.